The van der Waals surface area contributed by atoms with Crippen molar-refractivity contribution < 1.29 is 14.3 Å². The first-order valence-corrected chi connectivity index (χ1v) is 14.1. The number of amidine groups is 1. The standard InChI is InChI=1S/C30H27BrClN5O3/c1-18(2)40-25-14-19(16-33)6-11-24(25)29-35-27(21-4-3-5-22(31)15-21)28(20-7-9-23(32)10-8-20)37(29)30(39)36-13-12-34-26(38)17-36/h3-11,14-15,18,27-28H,12-13,17H2,1-2H3,(H,34,38)/t27-,28+/m0/s1. The highest BCUT2D eigenvalue weighted by atomic mass is 79.9. The van der Waals surface area contributed by atoms with Gasteiger partial charge in [-0.05, 0) is 67.4 Å². The van der Waals surface area contributed by atoms with E-state index in [0.717, 1.165) is 15.6 Å². The number of urea groups is 1. The summed E-state index contributed by atoms with van der Waals surface area (Å²) in [6, 6.07) is 21.1. The number of hydrogen-bond acceptors (Lipinski definition) is 5. The molecule has 0 bridgehead atoms. The van der Waals surface area contributed by atoms with Crippen LogP contribution in [-0.4, -0.2) is 53.3 Å². The number of piperazine rings is 1. The van der Waals surface area contributed by atoms with E-state index in [4.69, 9.17) is 21.3 Å². The van der Waals surface area contributed by atoms with Crippen molar-refractivity contribution in [3.63, 3.8) is 0 Å². The number of ether oxygens (including phenoxy) is 1. The number of carbonyl (C=O) groups is 2. The molecule has 3 aromatic carbocycles. The quantitative estimate of drug-likeness (QED) is 0.387. The molecule has 2 aliphatic heterocycles. The lowest BCUT2D eigenvalue weighted by Gasteiger charge is -2.36. The minimum Gasteiger partial charge on any atom is -0.490 e. The summed E-state index contributed by atoms with van der Waals surface area (Å²) in [6.07, 6.45) is -0.183. The highest BCUT2D eigenvalue weighted by Crippen LogP contribution is 2.45. The fraction of sp³-hybridized carbons (Fsp3) is 0.267. The predicted molar refractivity (Wildman–Crippen MR) is 156 cm³/mol. The normalized spacial score (nSPS) is 18.8. The summed E-state index contributed by atoms with van der Waals surface area (Å²) in [5.41, 5.74) is 2.75. The van der Waals surface area contributed by atoms with Gasteiger partial charge in [-0.3, -0.25) is 14.7 Å². The molecular formula is C30H27BrClN5O3. The van der Waals surface area contributed by atoms with Crippen molar-refractivity contribution in [1.29, 1.82) is 5.26 Å². The lowest BCUT2D eigenvalue weighted by Crippen LogP contribution is -2.55. The Kier molecular flexibility index (Phi) is 8.10. The van der Waals surface area contributed by atoms with Crippen molar-refractivity contribution in [2.45, 2.75) is 32.0 Å². The molecule has 3 amide bonds. The minimum absolute atomic E-state index is 0.0553. The molecular weight excluding hydrogens is 594 g/mol. The van der Waals surface area contributed by atoms with Crippen LogP contribution >= 0.6 is 27.5 Å². The number of nitrogens with zero attached hydrogens (tertiary/aromatic N) is 4. The van der Waals surface area contributed by atoms with E-state index in [1.165, 1.54) is 4.90 Å². The fourth-order valence-corrected chi connectivity index (χ4v) is 5.51. The zero-order valence-corrected chi connectivity index (χ0v) is 24.3. The molecule has 3 aromatic rings. The van der Waals surface area contributed by atoms with Crippen LogP contribution in [0.4, 0.5) is 4.79 Å². The Morgan fingerprint density at radius 2 is 1.93 bits per heavy atom. The van der Waals surface area contributed by atoms with Gasteiger partial charge < -0.3 is 15.0 Å². The topological polar surface area (TPSA) is 98.0 Å². The summed E-state index contributed by atoms with van der Waals surface area (Å²) in [5.74, 6) is 0.638. The van der Waals surface area contributed by atoms with Crippen molar-refractivity contribution in [1.82, 2.24) is 15.1 Å². The molecule has 0 aliphatic carbocycles. The average molecular weight is 621 g/mol. The van der Waals surface area contributed by atoms with E-state index in [2.05, 4.69) is 27.3 Å². The van der Waals surface area contributed by atoms with E-state index >= 15 is 0 Å². The Hall–Kier alpha value is -3.87. The van der Waals surface area contributed by atoms with Crippen LogP contribution in [0.2, 0.25) is 5.02 Å². The van der Waals surface area contributed by atoms with E-state index in [9.17, 15) is 14.9 Å². The number of rotatable bonds is 5. The van der Waals surface area contributed by atoms with Crippen LogP contribution < -0.4 is 10.1 Å². The molecule has 1 fully saturated rings. The molecule has 2 aliphatic rings. The first-order valence-electron chi connectivity index (χ1n) is 12.9. The van der Waals surface area contributed by atoms with Gasteiger partial charge in [-0.2, -0.15) is 5.26 Å². The molecule has 0 aromatic heterocycles. The number of amides is 3. The highest BCUT2D eigenvalue weighted by molar-refractivity contribution is 9.10. The molecule has 204 valence electrons. The van der Waals surface area contributed by atoms with E-state index < -0.39 is 12.1 Å². The van der Waals surface area contributed by atoms with E-state index in [0.29, 0.717) is 40.8 Å². The van der Waals surface area contributed by atoms with Crippen LogP contribution in [0.25, 0.3) is 0 Å². The number of aliphatic imine (C=N–C) groups is 1. The SMILES string of the molecule is CC(C)Oc1cc(C#N)ccc1C1=N[C@@H](c2cccc(Br)c2)[C@@H](c2ccc(Cl)cc2)N1C(=O)N1CCNC(=O)C1. The summed E-state index contributed by atoms with van der Waals surface area (Å²) < 4.78 is 7.02. The Bertz CT molecular complexity index is 1520. The smallest absolute Gasteiger partial charge is 0.326 e. The number of nitriles is 1. The summed E-state index contributed by atoms with van der Waals surface area (Å²) in [5, 5.41) is 12.9. The van der Waals surface area contributed by atoms with Gasteiger partial charge in [0.2, 0.25) is 5.91 Å². The summed E-state index contributed by atoms with van der Waals surface area (Å²) in [6.45, 7) is 4.47. The van der Waals surface area contributed by atoms with Crippen LogP contribution in [0.15, 0.2) is 76.2 Å². The monoisotopic (exact) mass is 619 g/mol. The molecule has 0 unspecified atom stereocenters. The molecule has 2 heterocycles. The fourth-order valence-electron chi connectivity index (χ4n) is 4.97. The van der Waals surface area contributed by atoms with Gasteiger partial charge in [-0.25, -0.2) is 4.79 Å². The maximum Gasteiger partial charge on any atom is 0.326 e. The predicted octanol–water partition coefficient (Wildman–Crippen LogP) is 5.86. The molecule has 5 rings (SSSR count). The van der Waals surface area contributed by atoms with E-state index in [1.54, 1.807) is 35.2 Å². The zero-order chi connectivity index (χ0) is 28.4. The van der Waals surface area contributed by atoms with E-state index in [-0.39, 0.29) is 24.6 Å². The van der Waals surface area contributed by atoms with Gasteiger partial charge >= 0.3 is 6.03 Å². The molecule has 0 radical (unpaired) electrons. The number of hydrogen-bond donors (Lipinski definition) is 1. The molecule has 0 spiro atoms. The molecule has 0 saturated carbocycles. The van der Waals surface area contributed by atoms with Gasteiger partial charge in [0, 0.05) is 22.6 Å². The molecule has 8 nitrogen and oxygen atoms in total. The molecule has 2 atom stereocenters. The maximum atomic E-state index is 14.3. The van der Waals surface area contributed by atoms with Crippen molar-refractivity contribution in [2.75, 3.05) is 19.6 Å². The van der Waals surface area contributed by atoms with Crippen LogP contribution in [0.1, 0.15) is 48.2 Å². The summed E-state index contributed by atoms with van der Waals surface area (Å²) >= 11 is 9.81. The minimum atomic E-state index is -0.540. The number of halogens is 2. The van der Waals surface area contributed by atoms with E-state index in [1.807, 2.05) is 50.2 Å². The Labute approximate surface area is 246 Å². The lowest BCUT2D eigenvalue weighted by molar-refractivity contribution is -0.123. The Balaban J connectivity index is 1.72. The third-order valence-corrected chi connectivity index (χ3v) is 7.44. The van der Waals surface area contributed by atoms with Gasteiger partial charge in [0.25, 0.3) is 0 Å². The Morgan fingerprint density at radius 1 is 1.15 bits per heavy atom. The molecule has 1 N–H and O–H groups in total. The number of carbonyl (C=O) groups excluding carboxylic acids is 2. The first-order chi connectivity index (χ1) is 19.2. The second-order valence-electron chi connectivity index (χ2n) is 9.86. The lowest BCUT2D eigenvalue weighted by atomic mass is 9.93. The highest BCUT2D eigenvalue weighted by Gasteiger charge is 2.45. The maximum absolute atomic E-state index is 14.3. The first kappa shape index (κ1) is 27.7. The number of nitrogens with one attached hydrogen (secondary N) is 1. The van der Waals surface area contributed by atoms with Crippen LogP contribution in [-0.2, 0) is 4.79 Å². The van der Waals surface area contributed by atoms with Crippen LogP contribution in [0.5, 0.6) is 5.75 Å². The third kappa shape index (κ3) is 5.69. The molecule has 1 saturated heterocycles. The van der Waals surface area contributed by atoms with Crippen LogP contribution in [0.3, 0.4) is 0 Å². The van der Waals surface area contributed by atoms with Gasteiger partial charge in [0.15, 0.2) is 0 Å². The van der Waals surface area contributed by atoms with Gasteiger partial charge in [-0.15, -0.1) is 0 Å². The van der Waals surface area contributed by atoms with Gasteiger partial charge in [-0.1, -0.05) is 51.8 Å². The zero-order valence-electron chi connectivity index (χ0n) is 22.0. The summed E-state index contributed by atoms with van der Waals surface area (Å²) in [7, 11) is 0. The van der Waals surface area contributed by atoms with Crippen molar-refractivity contribution in [2.24, 2.45) is 4.99 Å². The summed E-state index contributed by atoms with van der Waals surface area (Å²) in [4.78, 5) is 35.0. The largest absolute Gasteiger partial charge is 0.490 e. The van der Waals surface area contributed by atoms with Crippen LogP contribution in [0, 0.1) is 11.3 Å². The Morgan fingerprint density at radius 3 is 2.60 bits per heavy atom. The average Bonchev–Trinajstić information content (AvgIpc) is 3.33. The second kappa shape index (κ2) is 11.7. The third-order valence-electron chi connectivity index (χ3n) is 6.70. The van der Waals surface area contributed by atoms with Gasteiger partial charge in [0.05, 0.1) is 29.3 Å². The number of benzene rings is 3. The van der Waals surface area contributed by atoms with Crippen molar-refractivity contribution in [3.8, 4) is 11.8 Å². The molecule has 40 heavy (non-hydrogen) atoms. The van der Waals surface area contributed by atoms with Crippen molar-refractivity contribution >= 4 is 45.3 Å². The second-order valence-corrected chi connectivity index (χ2v) is 11.2. The van der Waals surface area contributed by atoms with Crippen molar-refractivity contribution in [3.05, 3.63) is 98.5 Å². The van der Waals surface area contributed by atoms with Gasteiger partial charge in [0.1, 0.15) is 24.2 Å². The molecule has 10 heteroatoms.